The van der Waals surface area contributed by atoms with E-state index >= 15 is 0 Å². The molecule has 0 fully saturated rings. The minimum atomic E-state index is 0.505. The van der Waals surface area contributed by atoms with Crippen LogP contribution < -0.4 is 4.74 Å². The maximum absolute atomic E-state index is 5.93. The standard InChI is InChI=1S/C14H10ClNO/c1-3-11-4-7-14(16-9-11)17-12-5-6-13(15)10(2)8-12/h1,4-9H,2H3. The number of hydrogen-bond acceptors (Lipinski definition) is 2. The lowest BCUT2D eigenvalue weighted by molar-refractivity contribution is 0.462. The molecule has 0 spiro atoms. The predicted octanol–water partition coefficient (Wildman–Crippen LogP) is 3.82. The second-order valence-electron chi connectivity index (χ2n) is 3.54. The number of pyridine rings is 1. The lowest BCUT2D eigenvalue weighted by Gasteiger charge is -2.06. The third kappa shape index (κ3) is 2.77. The summed E-state index contributed by atoms with van der Waals surface area (Å²) in [6.45, 7) is 1.92. The topological polar surface area (TPSA) is 22.1 Å². The van der Waals surface area contributed by atoms with Crippen molar-refractivity contribution in [1.29, 1.82) is 0 Å². The van der Waals surface area contributed by atoms with Gasteiger partial charge in [-0.1, -0.05) is 17.5 Å². The van der Waals surface area contributed by atoms with E-state index in [4.69, 9.17) is 22.8 Å². The average Bonchev–Trinajstić information content (AvgIpc) is 2.35. The fourth-order valence-corrected chi connectivity index (χ4v) is 1.45. The molecule has 2 nitrogen and oxygen atoms in total. The van der Waals surface area contributed by atoms with Crippen molar-refractivity contribution in [1.82, 2.24) is 4.98 Å². The summed E-state index contributed by atoms with van der Waals surface area (Å²) in [5, 5.41) is 0.716. The number of benzene rings is 1. The summed E-state index contributed by atoms with van der Waals surface area (Å²) >= 11 is 5.93. The van der Waals surface area contributed by atoms with Crippen LogP contribution in [0.15, 0.2) is 36.5 Å². The molecule has 1 aromatic heterocycles. The lowest BCUT2D eigenvalue weighted by Crippen LogP contribution is -1.89. The van der Waals surface area contributed by atoms with Crippen LogP contribution in [-0.4, -0.2) is 4.98 Å². The first-order chi connectivity index (χ1) is 8.19. The number of aromatic nitrogens is 1. The van der Waals surface area contributed by atoms with Gasteiger partial charge in [-0.05, 0) is 36.8 Å². The van der Waals surface area contributed by atoms with Crippen molar-refractivity contribution in [3.05, 3.63) is 52.7 Å². The minimum absolute atomic E-state index is 0.505. The highest BCUT2D eigenvalue weighted by Crippen LogP contribution is 2.24. The molecule has 0 aliphatic carbocycles. The quantitative estimate of drug-likeness (QED) is 0.748. The van der Waals surface area contributed by atoms with Crippen LogP contribution in [0.25, 0.3) is 0 Å². The van der Waals surface area contributed by atoms with Gasteiger partial charge in [-0.15, -0.1) is 6.42 Å². The van der Waals surface area contributed by atoms with Crippen LogP contribution in [0.1, 0.15) is 11.1 Å². The van der Waals surface area contributed by atoms with Crippen molar-refractivity contribution in [3.8, 4) is 24.0 Å². The molecule has 0 atom stereocenters. The Morgan fingerprint density at radius 2 is 2.12 bits per heavy atom. The Morgan fingerprint density at radius 1 is 1.29 bits per heavy atom. The van der Waals surface area contributed by atoms with Crippen LogP contribution >= 0.6 is 11.6 Å². The van der Waals surface area contributed by atoms with E-state index in [0.29, 0.717) is 16.7 Å². The first kappa shape index (κ1) is 11.5. The fourth-order valence-electron chi connectivity index (χ4n) is 1.33. The van der Waals surface area contributed by atoms with Crippen molar-refractivity contribution in [3.63, 3.8) is 0 Å². The van der Waals surface area contributed by atoms with Gasteiger partial charge in [0.2, 0.25) is 5.88 Å². The zero-order valence-electron chi connectivity index (χ0n) is 9.27. The Morgan fingerprint density at radius 3 is 2.71 bits per heavy atom. The van der Waals surface area contributed by atoms with E-state index in [1.807, 2.05) is 13.0 Å². The second kappa shape index (κ2) is 4.90. The normalized spacial score (nSPS) is 9.71. The number of ether oxygens (including phenoxy) is 1. The van der Waals surface area contributed by atoms with Crippen molar-refractivity contribution < 1.29 is 4.74 Å². The van der Waals surface area contributed by atoms with Crippen LogP contribution in [0, 0.1) is 19.3 Å². The molecule has 3 heteroatoms. The summed E-state index contributed by atoms with van der Waals surface area (Å²) in [7, 11) is 0. The molecule has 2 rings (SSSR count). The molecule has 0 saturated carbocycles. The Labute approximate surface area is 105 Å². The molecule has 0 amide bonds. The number of terminal acetylenes is 1. The Hall–Kier alpha value is -1.98. The Kier molecular flexibility index (Phi) is 3.32. The van der Waals surface area contributed by atoms with Crippen LogP contribution in [0.3, 0.4) is 0 Å². The van der Waals surface area contributed by atoms with Crippen molar-refractivity contribution in [2.75, 3.05) is 0 Å². The number of hydrogen-bond donors (Lipinski definition) is 0. The highest BCUT2D eigenvalue weighted by atomic mass is 35.5. The molecule has 0 bridgehead atoms. The number of nitrogens with zero attached hydrogens (tertiary/aromatic N) is 1. The van der Waals surface area contributed by atoms with Gasteiger partial charge in [0.25, 0.3) is 0 Å². The van der Waals surface area contributed by atoms with Gasteiger partial charge in [0, 0.05) is 22.8 Å². The number of rotatable bonds is 2. The highest BCUT2D eigenvalue weighted by molar-refractivity contribution is 6.31. The first-order valence-electron chi connectivity index (χ1n) is 5.06. The summed E-state index contributed by atoms with van der Waals surface area (Å²) in [5.74, 6) is 3.71. The highest BCUT2D eigenvalue weighted by Gasteiger charge is 2.01. The van der Waals surface area contributed by atoms with Crippen molar-refractivity contribution in [2.45, 2.75) is 6.92 Å². The van der Waals surface area contributed by atoms with Crippen molar-refractivity contribution >= 4 is 11.6 Å². The van der Waals surface area contributed by atoms with Crippen LogP contribution in [0.2, 0.25) is 5.02 Å². The molecule has 0 radical (unpaired) electrons. The van der Waals surface area contributed by atoms with Gasteiger partial charge in [-0.3, -0.25) is 0 Å². The molecular formula is C14H10ClNO. The summed E-state index contributed by atoms with van der Waals surface area (Å²) in [6, 6.07) is 8.97. The summed E-state index contributed by atoms with van der Waals surface area (Å²) < 4.78 is 5.58. The van der Waals surface area contributed by atoms with E-state index in [0.717, 1.165) is 11.1 Å². The third-order valence-electron chi connectivity index (χ3n) is 2.25. The molecule has 2 aromatic rings. The van der Waals surface area contributed by atoms with E-state index in [-0.39, 0.29) is 0 Å². The van der Waals surface area contributed by atoms with Gasteiger partial charge in [-0.2, -0.15) is 0 Å². The lowest BCUT2D eigenvalue weighted by atomic mass is 10.2. The largest absolute Gasteiger partial charge is 0.439 e. The second-order valence-corrected chi connectivity index (χ2v) is 3.95. The maximum atomic E-state index is 5.93. The van der Waals surface area contributed by atoms with Crippen molar-refractivity contribution in [2.24, 2.45) is 0 Å². The van der Waals surface area contributed by atoms with Crippen LogP contribution in [0.4, 0.5) is 0 Å². The van der Waals surface area contributed by atoms with E-state index in [9.17, 15) is 0 Å². The summed E-state index contributed by atoms with van der Waals surface area (Å²) in [4.78, 5) is 4.10. The monoisotopic (exact) mass is 243 g/mol. The molecule has 84 valence electrons. The molecular weight excluding hydrogens is 234 g/mol. The first-order valence-corrected chi connectivity index (χ1v) is 5.43. The zero-order chi connectivity index (χ0) is 12.3. The van der Waals surface area contributed by atoms with Crippen LogP contribution in [-0.2, 0) is 0 Å². The molecule has 0 N–H and O–H groups in total. The maximum Gasteiger partial charge on any atom is 0.219 e. The number of aryl methyl sites for hydroxylation is 1. The molecule has 0 unspecified atom stereocenters. The molecule has 0 aliphatic heterocycles. The van der Waals surface area contributed by atoms with Gasteiger partial charge in [0.15, 0.2) is 0 Å². The van der Waals surface area contributed by atoms with E-state index < -0.39 is 0 Å². The summed E-state index contributed by atoms with van der Waals surface area (Å²) in [5.41, 5.74) is 1.69. The average molecular weight is 244 g/mol. The predicted molar refractivity (Wildman–Crippen MR) is 68.4 cm³/mol. The van der Waals surface area contributed by atoms with Crippen LogP contribution in [0.5, 0.6) is 11.6 Å². The smallest absolute Gasteiger partial charge is 0.219 e. The van der Waals surface area contributed by atoms with Gasteiger partial charge in [-0.25, -0.2) is 4.98 Å². The molecule has 0 aliphatic rings. The number of halogens is 1. The van der Waals surface area contributed by atoms with Gasteiger partial charge < -0.3 is 4.74 Å². The molecule has 1 aromatic carbocycles. The SMILES string of the molecule is C#Cc1ccc(Oc2ccc(Cl)c(C)c2)nc1. The zero-order valence-corrected chi connectivity index (χ0v) is 10.0. The van der Waals surface area contributed by atoms with E-state index in [1.165, 1.54) is 0 Å². The third-order valence-corrected chi connectivity index (χ3v) is 2.68. The van der Waals surface area contributed by atoms with Gasteiger partial charge in [0.05, 0.1) is 0 Å². The Balaban J connectivity index is 2.20. The Bertz CT molecular complexity index is 570. The summed E-state index contributed by atoms with van der Waals surface area (Å²) in [6.07, 6.45) is 6.84. The van der Waals surface area contributed by atoms with Gasteiger partial charge in [0.1, 0.15) is 5.75 Å². The fraction of sp³-hybridized carbons (Fsp3) is 0.0714. The molecule has 0 saturated heterocycles. The molecule has 1 heterocycles. The van der Waals surface area contributed by atoms with Gasteiger partial charge >= 0.3 is 0 Å². The molecule has 17 heavy (non-hydrogen) atoms. The van der Waals surface area contributed by atoms with E-state index in [2.05, 4.69) is 10.9 Å². The van der Waals surface area contributed by atoms with E-state index in [1.54, 1.807) is 30.5 Å². The minimum Gasteiger partial charge on any atom is -0.439 e.